The Kier molecular flexibility index (Phi) is 6.02. The Labute approximate surface area is 182 Å². The second-order valence-electron chi connectivity index (χ2n) is 7.69. The van der Waals surface area contributed by atoms with Gasteiger partial charge in [0.2, 0.25) is 0 Å². The summed E-state index contributed by atoms with van der Waals surface area (Å²) >= 11 is 0. The van der Waals surface area contributed by atoms with Crippen molar-refractivity contribution in [3.05, 3.63) is 65.9 Å². The predicted octanol–water partition coefficient (Wildman–Crippen LogP) is 4.12. The van der Waals surface area contributed by atoms with Crippen molar-refractivity contribution in [2.75, 3.05) is 43.5 Å². The molecule has 2 heterocycles. The van der Waals surface area contributed by atoms with E-state index in [1.807, 2.05) is 42.2 Å². The van der Waals surface area contributed by atoms with Crippen LogP contribution in [0.4, 0.5) is 16.3 Å². The van der Waals surface area contributed by atoms with Crippen molar-refractivity contribution >= 4 is 17.5 Å². The zero-order chi connectivity index (χ0) is 21.8. The van der Waals surface area contributed by atoms with Gasteiger partial charge in [0.05, 0.1) is 7.11 Å². The van der Waals surface area contributed by atoms with Crippen LogP contribution < -0.4 is 15.0 Å². The summed E-state index contributed by atoms with van der Waals surface area (Å²) in [5.41, 5.74) is 3.87. The van der Waals surface area contributed by atoms with Crippen LogP contribution in [0, 0.1) is 13.8 Å². The van der Waals surface area contributed by atoms with E-state index in [9.17, 15) is 4.79 Å². The summed E-state index contributed by atoms with van der Waals surface area (Å²) in [4.78, 5) is 26.1. The lowest BCUT2D eigenvalue weighted by molar-refractivity contribution is 0.208. The first-order valence-corrected chi connectivity index (χ1v) is 10.4. The fourth-order valence-corrected chi connectivity index (χ4v) is 3.59. The summed E-state index contributed by atoms with van der Waals surface area (Å²) in [6.07, 6.45) is 0. The van der Waals surface area contributed by atoms with E-state index < -0.39 is 0 Å². The number of carbonyl (C=O) groups excluding carboxylic acids is 1. The number of rotatable bonds is 4. The highest BCUT2D eigenvalue weighted by Gasteiger charge is 2.23. The maximum absolute atomic E-state index is 12.7. The lowest BCUT2D eigenvalue weighted by atomic mass is 10.1. The van der Waals surface area contributed by atoms with Crippen molar-refractivity contribution in [3.8, 4) is 17.1 Å². The van der Waals surface area contributed by atoms with E-state index in [1.165, 1.54) is 5.56 Å². The Hall–Kier alpha value is -3.61. The Balaban J connectivity index is 1.41. The van der Waals surface area contributed by atoms with Crippen molar-refractivity contribution in [2.45, 2.75) is 13.8 Å². The molecule has 1 N–H and O–H groups in total. The van der Waals surface area contributed by atoms with Crippen LogP contribution >= 0.6 is 0 Å². The number of ether oxygens (including phenoxy) is 1. The molecule has 31 heavy (non-hydrogen) atoms. The normalized spacial score (nSPS) is 13.8. The van der Waals surface area contributed by atoms with E-state index in [1.54, 1.807) is 7.11 Å². The molecule has 2 amide bonds. The molecule has 0 unspecified atom stereocenters. The van der Waals surface area contributed by atoms with E-state index in [2.05, 4.69) is 46.4 Å². The van der Waals surface area contributed by atoms with Crippen LogP contribution in [0.2, 0.25) is 0 Å². The summed E-state index contributed by atoms with van der Waals surface area (Å²) in [6, 6.07) is 17.5. The quantitative estimate of drug-likeness (QED) is 0.691. The van der Waals surface area contributed by atoms with E-state index in [0.29, 0.717) is 18.8 Å². The highest BCUT2D eigenvalue weighted by molar-refractivity contribution is 5.89. The average Bonchev–Trinajstić information content (AvgIpc) is 2.79. The molecule has 160 valence electrons. The van der Waals surface area contributed by atoms with Gasteiger partial charge in [-0.1, -0.05) is 35.9 Å². The molecule has 0 radical (unpaired) electrons. The molecular weight excluding hydrogens is 390 g/mol. The summed E-state index contributed by atoms with van der Waals surface area (Å²) < 4.78 is 5.22. The van der Waals surface area contributed by atoms with Crippen LogP contribution in [-0.4, -0.2) is 54.2 Å². The van der Waals surface area contributed by atoms with Crippen LogP contribution in [0.25, 0.3) is 11.4 Å². The van der Waals surface area contributed by atoms with Gasteiger partial charge in [0.25, 0.3) is 0 Å². The fraction of sp³-hybridized carbons (Fsp3) is 0.292. The third-order valence-corrected chi connectivity index (χ3v) is 5.36. The van der Waals surface area contributed by atoms with E-state index in [4.69, 9.17) is 9.72 Å². The molecule has 0 saturated carbocycles. The largest absolute Gasteiger partial charge is 0.497 e. The van der Waals surface area contributed by atoms with E-state index in [0.717, 1.165) is 41.7 Å². The first-order chi connectivity index (χ1) is 15.0. The Morgan fingerprint density at radius 1 is 0.968 bits per heavy atom. The molecule has 1 saturated heterocycles. The number of urea groups is 1. The minimum atomic E-state index is -0.105. The molecule has 0 spiro atoms. The van der Waals surface area contributed by atoms with E-state index in [-0.39, 0.29) is 6.03 Å². The first kappa shape index (κ1) is 20.7. The molecule has 1 aromatic heterocycles. The number of amides is 2. The molecule has 4 rings (SSSR count). The van der Waals surface area contributed by atoms with Crippen molar-refractivity contribution in [3.63, 3.8) is 0 Å². The third-order valence-electron chi connectivity index (χ3n) is 5.36. The molecule has 0 bridgehead atoms. The van der Waals surface area contributed by atoms with E-state index >= 15 is 0 Å². The molecule has 2 aromatic carbocycles. The van der Waals surface area contributed by atoms with Crippen molar-refractivity contribution in [2.24, 2.45) is 0 Å². The molecule has 3 aromatic rings. The minimum absolute atomic E-state index is 0.105. The van der Waals surface area contributed by atoms with Gasteiger partial charge in [-0.25, -0.2) is 14.8 Å². The number of aryl methyl sites for hydroxylation is 2. The van der Waals surface area contributed by atoms with Crippen molar-refractivity contribution in [1.29, 1.82) is 0 Å². The molecule has 1 aliphatic heterocycles. The van der Waals surface area contributed by atoms with Gasteiger partial charge in [0, 0.05) is 55.3 Å². The van der Waals surface area contributed by atoms with Crippen LogP contribution in [0.15, 0.2) is 54.6 Å². The molecule has 1 fully saturated rings. The van der Waals surface area contributed by atoms with Gasteiger partial charge in [-0.2, -0.15) is 0 Å². The fourth-order valence-electron chi connectivity index (χ4n) is 3.59. The molecule has 7 heteroatoms. The SMILES string of the molecule is COc1cccc(NC(=O)N2CCN(c3cc(C)nc(-c4ccc(C)cc4)n3)CC2)c1. The van der Waals surface area contributed by atoms with Gasteiger partial charge in [-0.15, -0.1) is 0 Å². The summed E-state index contributed by atoms with van der Waals surface area (Å²) in [7, 11) is 1.61. The van der Waals surface area contributed by atoms with Gasteiger partial charge >= 0.3 is 6.03 Å². The van der Waals surface area contributed by atoms with Gasteiger partial charge in [0.1, 0.15) is 11.6 Å². The highest BCUT2D eigenvalue weighted by atomic mass is 16.5. The number of anilines is 2. The number of piperazine rings is 1. The van der Waals surface area contributed by atoms with Crippen LogP contribution in [0.3, 0.4) is 0 Å². The number of nitrogens with zero attached hydrogens (tertiary/aromatic N) is 4. The van der Waals surface area contributed by atoms with Gasteiger partial charge in [-0.05, 0) is 26.0 Å². The summed E-state index contributed by atoms with van der Waals surface area (Å²) in [5.74, 6) is 2.34. The number of hydrogen-bond acceptors (Lipinski definition) is 5. The van der Waals surface area contributed by atoms with Crippen molar-refractivity contribution < 1.29 is 9.53 Å². The predicted molar refractivity (Wildman–Crippen MR) is 123 cm³/mol. The molecule has 0 atom stereocenters. The molecule has 0 aliphatic carbocycles. The number of nitrogens with one attached hydrogen (secondary N) is 1. The average molecular weight is 418 g/mol. The molecular formula is C24H27N5O2. The maximum atomic E-state index is 12.7. The zero-order valence-electron chi connectivity index (χ0n) is 18.1. The lowest BCUT2D eigenvalue weighted by Gasteiger charge is -2.35. The highest BCUT2D eigenvalue weighted by Crippen LogP contribution is 2.22. The second kappa shape index (κ2) is 9.04. The maximum Gasteiger partial charge on any atom is 0.321 e. The standard InChI is InChI=1S/C24H27N5O2/c1-17-7-9-19(10-8-17)23-25-18(2)15-22(27-23)28-11-13-29(14-12-28)24(30)26-20-5-4-6-21(16-20)31-3/h4-10,15-16H,11-14H2,1-3H3,(H,26,30). The smallest absolute Gasteiger partial charge is 0.321 e. The number of aromatic nitrogens is 2. The van der Waals surface area contributed by atoms with Crippen LogP contribution in [0.5, 0.6) is 5.75 Å². The minimum Gasteiger partial charge on any atom is -0.497 e. The summed E-state index contributed by atoms with van der Waals surface area (Å²) in [6.45, 7) is 6.74. The Morgan fingerprint density at radius 2 is 1.71 bits per heavy atom. The van der Waals surface area contributed by atoms with Gasteiger partial charge in [-0.3, -0.25) is 0 Å². The zero-order valence-corrected chi connectivity index (χ0v) is 18.1. The number of benzene rings is 2. The lowest BCUT2D eigenvalue weighted by Crippen LogP contribution is -2.50. The van der Waals surface area contributed by atoms with Crippen LogP contribution in [0.1, 0.15) is 11.3 Å². The van der Waals surface area contributed by atoms with Crippen LogP contribution in [-0.2, 0) is 0 Å². The first-order valence-electron chi connectivity index (χ1n) is 10.4. The molecule has 1 aliphatic rings. The topological polar surface area (TPSA) is 70.6 Å². The second-order valence-corrected chi connectivity index (χ2v) is 7.69. The number of methoxy groups -OCH3 is 1. The third kappa shape index (κ3) is 4.94. The van der Waals surface area contributed by atoms with Gasteiger partial charge in [0.15, 0.2) is 5.82 Å². The molecule has 7 nitrogen and oxygen atoms in total. The summed E-state index contributed by atoms with van der Waals surface area (Å²) in [5, 5.41) is 2.95. The monoisotopic (exact) mass is 417 g/mol. The Bertz CT molecular complexity index is 1060. The van der Waals surface area contributed by atoms with Gasteiger partial charge < -0.3 is 19.9 Å². The van der Waals surface area contributed by atoms with Crippen molar-refractivity contribution in [1.82, 2.24) is 14.9 Å². The number of carbonyl (C=O) groups is 1. The Morgan fingerprint density at radius 3 is 2.42 bits per heavy atom. The number of hydrogen-bond donors (Lipinski definition) is 1.